The van der Waals surface area contributed by atoms with Crippen molar-refractivity contribution in [3.05, 3.63) is 83.6 Å². The van der Waals surface area contributed by atoms with Crippen molar-refractivity contribution in [2.24, 2.45) is 0 Å². The second kappa shape index (κ2) is 9.31. The molecule has 0 saturated carbocycles. The number of ether oxygens (including phenoxy) is 2. The first-order valence-electron chi connectivity index (χ1n) is 10.8. The van der Waals surface area contributed by atoms with Crippen LogP contribution >= 0.6 is 0 Å². The molecule has 0 radical (unpaired) electrons. The highest BCUT2D eigenvalue weighted by Gasteiger charge is 2.41. The zero-order valence-electron chi connectivity index (χ0n) is 19.9. The number of para-hydroxylation sites is 1. The lowest BCUT2D eigenvalue weighted by atomic mass is 10.0. The van der Waals surface area contributed by atoms with Gasteiger partial charge in [0, 0.05) is 25.3 Å². The third kappa shape index (κ3) is 4.08. The van der Waals surface area contributed by atoms with Crippen LogP contribution in [0.4, 0.5) is 17.1 Å². The molecule has 2 amide bonds. The van der Waals surface area contributed by atoms with Crippen LogP contribution in [0.25, 0.3) is 5.57 Å². The molecule has 0 atom stereocenters. The van der Waals surface area contributed by atoms with Crippen LogP contribution in [0.3, 0.4) is 0 Å². The van der Waals surface area contributed by atoms with Gasteiger partial charge in [-0.3, -0.25) is 9.59 Å². The monoisotopic (exact) mass is 457 g/mol. The molecule has 0 unspecified atom stereocenters. The van der Waals surface area contributed by atoms with E-state index in [-0.39, 0.29) is 11.3 Å². The normalized spacial score (nSPS) is 13.4. The first kappa shape index (κ1) is 22.9. The van der Waals surface area contributed by atoms with Crippen molar-refractivity contribution in [2.45, 2.75) is 6.92 Å². The molecule has 1 aliphatic heterocycles. The van der Waals surface area contributed by atoms with E-state index in [9.17, 15) is 9.59 Å². The van der Waals surface area contributed by atoms with Gasteiger partial charge in [-0.1, -0.05) is 30.3 Å². The summed E-state index contributed by atoms with van der Waals surface area (Å²) in [5, 5.41) is 3.20. The molecule has 7 nitrogen and oxygen atoms in total. The molecule has 0 aromatic heterocycles. The molecule has 0 saturated heterocycles. The molecule has 3 aromatic carbocycles. The lowest BCUT2D eigenvalue weighted by molar-refractivity contribution is -0.120. The summed E-state index contributed by atoms with van der Waals surface area (Å²) in [5.74, 6) is 0.175. The first-order valence-corrected chi connectivity index (χ1v) is 10.8. The van der Waals surface area contributed by atoms with Crippen molar-refractivity contribution in [3.63, 3.8) is 0 Å². The summed E-state index contributed by atoms with van der Waals surface area (Å²) in [6.45, 7) is 1.95. The maximum absolute atomic E-state index is 13.8. The number of anilines is 3. The number of methoxy groups -OCH3 is 2. The smallest absolute Gasteiger partial charge is 0.282 e. The van der Waals surface area contributed by atoms with Crippen molar-refractivity contribution >= 4 is 34.4 Å². The number of rotatable bonds is 7. The molecular weight excluding hydrogens is 430 g/mol. The number of aryl methyl sites for hydroxylation is 1. The Morgan fingerprint density at radius 2 is 1.56 bits per heavy atom. The van der Waals surface area contributed by atoms with Crippen molar-refractivity contribution in [3.8, 4) is 11.5 Å². The van der Waals surface area contributed by atoms with Gasteiger partial charge in [0.05, 0.1) is 31.2 Å². The molecule has 1 heterocycles. The lowest BCUT2D eigenvalue weighted by Gasteiger charge is -2.19. The van der Waals surface area contributed by atoms with E-state index in [4.69, 9.17) is 9.47 Å². The number of benzene rings is 3. The van der Waals surface area contributed by atoms with Gasteiger partial charge in [-0.2, -0.15) is 0 Å². The summed E-state index contributed by atoms with van der Waals surface area (Å²) in [6, 6.07) is 20.1. The molecule has 7 heteroatoms. The van der Waals surface area contributed by atoms with Gasteiger partial charge in [0.2, 0.25) is 0 Å². The second-order valence-electron chi connectivity index (χ2n) is 8.14. The number of hydrogen-bond donors (Lipinski definition) is 1. The Labute approximate surface area is 199 Å². The standard InChI is InChI=1S/C27H27N3O4/c1-17-13-14-23(34-5)21(15-17)28-25-24(20-11-6-7-12-22(20)33-4)26(31)30(27(25)32)19-10-8-9-18(16-19)29(2)3/h6-16,28H,1-5H3. The maximum Gasteiger partial charge on any atom is 0.282 e. The molecule has 3 aromatic rings. The van der Waals surface area contributed by atoms with Crippen LogP contribution in [0.5, 0.6) is 11.5 Å². The average molecular weight is 458 g/mol. The molecule has 34 heavy (non-hydrogen) atoms. The Balaban J connectivity index is 1.89. The van der Waals surface area contributed by atoms with Crippen LogP contribution in [0.2, 0.25) is 0 Å². The minimum Gasteiger partial charge on any atom is -0.496 e. The summed E-state index contributed by atoms with van der Waals surface area (Å²) >= 11 is 0. The fraction of sp³-hybridized carbons (Fsp3) is 0.185. The van der Waals surface area contributed by atoms with Gasteiger partial charge in [-0.05, 0) is 48.9 Å². The highest BCUT2D eigenvalue weighted by Crippen LogP contribution is 2.39. The van der Waals surface area contributed by atoms with E-state index < -0.39 is 11.8 Å². The van der Waals surface area contributed by atoms with Crippen molar-refractivity contribution in [2.75, 3.05) is 43.4 Å². The van der Waals surface area contributed by atoms with E-state index in [1.54, 1.807) is 25.3 Å². The minimum absolute atomic E-state index is 0.161. The predicted molar refractivity (Wildman–Crippen MR) is 135 cm³/mol. The van der Waals surface area contributed by atoms with E-state index in [0.717, 1.165) is 11.3 Å². The van der Waals surface area contributed by atoms with Crippen LogP contribution < -0.4 is 24.6 Å². The van der Waals surface area contributed by atoms with Gasteiger partial charge in [0.25, 0.3) is 11.8 Å². The zero-order valence-corrected chi connectivity index (χ0v) is 19.9. The molecule has 0 aliphatic carbocycles. The number of imide groups is 1. The van der Waals surface area contributed by atoms with E-state index in [2.05, 4.69) is 5.32 Å². The predicted octanol–water partition coefficient (Wildman–Crippen LogP) is 4.47. The van der Waals surface area contributed by atoms with Crippen LogP contribution in [-0.2, 0) is 9.59 Å². The molecule has 174 valence electrons. The zero-order chi connectivity index (χ0) is 24.4. The fourth-order valence-electron chi connectivity index (χ4n) is 3.95. The molecule has 1 N–H and O–H groups in total. The molecular formula is C27H27N3O4. The largest absolute Gasteiger partial charge is 0.496 e. The third-order valence-corrected chi connectivity index (χ3v) is 5.68. The van der Waals surface area contributed by atoms with Gasteiger partial charge in [-0.25, -0.2) is 4.90 Å². The number of hydrogen-bond acceptors (Lipinski definition) is 6. The maximum atomic E-state index is 13.8. The third-order valence-electron chi connectivity index (χ3n) is 5.68. The molecule has 0 spiro atoms. The van der Waals surface area contributed by atoms with Gasteiger partial charge in [0.1, 0.15) is 17.2 Å². The molecule has 1 aliphatic rings. The van der Waals surface area contributed by atoms with Crippen molar-refractivity contribution in [1.29, 1.82) is 0 Å². The number of carbonyl (C=O) groups is 2. The van der Waals surface area contributed by atoms with E-state index in [1.807, 2.05) is 74.4 Å². The van der Waals surface area contributed by atoms with Crippen LogP contribution in [0.1, 0.15) is 11.1 Å². The van der Waals surface area contributed by atoms with Crippen LogP contribution in [0, 0.1) is 6.92 Å². The van der Waals surface area contributed by atoms with Gasteiger partial charge >= 0.3 is 0 Å². The first-order chi connectivity index (χ1) is 16.3. The highest BCUT2D eigenvalue weighted by atomic mass is 16.5. The Morgan fingerprint density at radius 1 is 0.824 bits per heavy atom. The molecule has 0 bridgehead atoms. The Bertz CT molecular complexity index is 1300. The quantitative estimate of drug-likeness (QED) is 0.528. The van der Waals surface area contributed by atoms with Gasteiger partial charge in [-0.15, -0.1) is 0 Å². The highest BCUT2D eigenvalue weighted by molar-refractivity contribution is 6.46. The van der Waals surface area contributed by atoms with Gasteiger partial charge in [0.15, 0.2) is 0 Å². The Morgan fingerprint density at radius 3 is 2.26 bits per heavy atom. The summed E-state index contributed by atoms with van der Waals surface area (Å²) in [6.07, 6.45) is 0. The summed E-state index contributed by atoms with van der Waals surface area (Å²) in [4.78, 5) is 30.7. The lowest BCUT2D eigenvalue weighted by Crippen LogP contribution is -2.32. The fourth-order valence-corrected chi connectivity index (χ4v) is 3.95. The Kier molecular flexibility index (Phi) is 6.27. The van der Waals surface area contributed by atoms with E-state index in [0.29, 0.717) is 28.4 Å². The van der Waals surface area contributed by atoms with Gasteiger partial charge < -0.3 is 19.7 Å². The van der Waals surface area contributed by atoms with E-state index >= 15 is 0 Å². The van der Waals surface area contributed by atoms with Crippen molar-refractivity contribution in [1.82, 2.24) is 0 Å². The van der Waals surface area contributed by atoms with Crippen LogP contribution in [0.15, 0.2) is 72.4 Å². The summed E-state index contributed by atoms with van der Waals surface area (Å²) in [5.41, 5.74) is 3.86. The Hall–Kier alpha value is -4.26. The average Bonchev–Trinajstić information content (AvgIpc) is 3.08. The summed E-state index contributed by atoms with van der Waals surface area (Å²) < 4.78 is 11.0. The summed E-state index contributed by atoms with van der Waals surface area (Å²) in [7, 11) is 6.91. The number of nitrogens with one attached hydrogen (secondary N) is 1. The SMILES string of the molecule is COc1ccc(C)cc1NC1=C(c2ccccc2OC)C(=O)N(c2cccc(N(C)C)c2)C1=O. The number of amides is 2. The number of nitrogens with zero attached hydrogens (tertiary/aromatic N) is 2. The van der Waals surface area contributed by atoms with Crippen LogP contribution in [-0.4, -0.2) is 40.1 Å². The topological polar surface area (TPSA) is 71.1 Å². The van der Waals surface area contributed by atoms with Crippen molar-refractivity contribution < 1.29 is 19.1 Å². The molecule has 0 fully saturated rings. The molecule has 4 rings (SSSR count). The second-order valence-corrected chi connectivity index (χ2v) is 8.14. The minimum atomic E-state index is -0.453. The number of carbonyl (C=O) groups excluding carboxylic acids is 2. The van der Waals surface area contributed by atoms with E-state index in [1.165, 1.54) is 12.0 Å².